The highest BCUT2D eigenvalue weighted by molar-refractivity contribution is 5.99. The standard InChI is InChI=1S/C23H26F3NO5/c1-14(27-22(29)23(24,25)26)11-16-12-21(32-4)18(13-20(16)31-3)19(28)10-7-15-5-8-17(30-2)9-6-15/h5-6,8-9,12-14H,7,10-11H2,1-4H3,(H,27,29). The molecule has 1 amide bonds. The van der Waals surface area contributed by atoms with E-state index in [0.717, 1.165) is 11.3 Å². The van der Waals surface area contributed by atoms with Crippen LogP contribution in [0.15, 0.2) is 36.4 Å². The predicted octanol–water partition coefficient (Wildman–Crippen LogP) is 4.14. The van der Waals surface area contributed by atoms with Gasteiger partial charge in [0, 0.05) is 12.5 Å². The fourth-order valence-electron chi connectivity index (χ4n) is 3.21. The van der Waals surface area contributed by atoms with E-state index in [-0.39, 0.29) is 24.4 Å². The van der Waals surface area contributed by atoms with Crippen LogP contribution in [0.25, 0.3) is 0 Å². The second-order valence-electron chi connectivity index (χ2n) is 7.21. The summed E-state index contributed by atoms with van der Waals surface area (Å²) >= 11 is 0. The lowest BCUT2D eigenvalue weighted by atomic mass is 9.97. The summed E-state index contributed by atoms with van der Waals surface area (Å²) in [7, 11) is 4.38. The molecule has 0 bridgehead atoms. The summed E-state index contributed by atoms with van der Waals surface area (Å²) < 4.78 is 53.3. The highest BCUT2D eigenvalue weighted by Gasteiger charge is 2.39. The van der Waals surface area contributed by atoms with Crippen LogP contribution in [0.5, 0.6) is 17.2 Å². The molecule has 1 N–H and O–H groups in total. The Kier molecular flexibility index (Phi) is 8.51. The highest BCUT2D eigenvalue weighted by atomic mass is 19.4. The number of rotatable bonds is 10. The van der Waals surface area contributed by atoms with Gasteiger partial charge in [-0.3, -0.25) is 9.59 Å². The number of hydrogen-bond acceptors (Lipinski definition) is 5. The molecular weight excluding hydrogens is 427 g/mol. The van der Waals surface area contributed by atoms with Crippen LogP contribution in [0.3, 0.4) is 0 Å². The average molecular weight is 453 g/mol. The number of halogens is 3. The first-order valence-corrected chi connectivity index (χ1v) is 9.87. The van der Waals surface area contributed by atoms with Crippen LogP contribution in [-0.2, 0) is 17.6 Å². The smallest absolute Gasteiger partial charge is 0.471 e. The maximum atomic E-state index is 12.8. The van der Waals surface area contributed by atoms with Crippen LogP contribution in [0.2, 0.25) is 0 Å². The van der Waals surface area contributed by atoms with Gasteiger partial charge in [-0.15, -0.1) is 0 Å². The van der Waals surface area contributed by atoms with Gasteiger partial charge in [0.25, 0.3) is 0 Å². The van der Waals surface area contributed by atoms with Gasteiger partial charge in [0.15, 0.2) is 5.78 Å². The van der Waals surface area contributed by atoms with Crippen molar-refractivity contribution in [3.8, 4) is 17.2 Å². The molecule has 2 aromatic carbocycles. The molecule has 1 atom stereocenters. The summed E-state index contributed by atoms with van der Waals surface area (Å²) in [5, 5.41) is 1.90. The van der Waals surface area contributed by atoms with E-state index in [9.17, 15) is 22.8 Å². The Morgan fingerprint density at radius 1 is 0.969 bits per heavy atom. The lowest BCUT2D eigenvalue weighted by Crippen LogP contribution is -2.42. The molecule has 32 heavy (non-hydrogen) atoms. The molecule has 1 unspecified atom stereocenters. The van der Waals surface area contributed by atoms with Gasteiger partial charge in [0.2, 0.25) is 0 Å². The van der Waals surface area contributed by atoms with Crippen molar-refractivity contribution in [2.24, 2.45) is 0 Å². The third-order valence-electron chi connectivity index (χ3n) is 4.86. The first kappa shape index (κ1) is 25.0. The summed E-state index contributed by atoms with van der Waals surface area (Å²) in [5.41, 5.74) is 1.79. The first-order chi connectivity index (χ1) is 15.1. The quantitative estimate of drug-likeness (QED) is 0.548. The van der Waals surface area contributed by atoms with Crippen LogP contribution in [-0.4, -0.2) is 45.2 Å². The average Bonchev–Trinajstić information content (AvgIpc) is 2.76. The number of alkyl halides is 3. The summed E-state index contributed by atoms with van der Waals surface area (Å²) in [6.45, 7) is 1.45. The van der Waals surface area contributed by atoms with E-state index in [4.69, 9.17) is 14.2 Å². The van der Waals surface area contributed by atoms with Gasteiger partial charge < -0.3 is 19.5 Å². The van der Waals surface area contributed by atoms with Crippen molar-refractivity contribution in [3.05, 3.63) is 53.1 Å². The minimum atomic E-state index is -4.96. The molecule has 0 aliphatic heterocycles. The molecule has 174 valence electrons. The monoisotopic (exact) mass is 453 g/mol. The summed E-state index contributed by atoms with van der Waals surface area (Å²) in [5.74, 6) is -0.841. The van der Waals surface area contributed by atoms with E-state index in [1.807, 2.05) is 29.6 Å². The van der Waals surface area contributed by atoms with Crippen molar-refractivity contribution in [2.45, 2.75) is 38.4 Å². The predicted molar refractivity (Wildman–Crippen MR) is 113 cm³/mol. The zero-order valence-corrected chi connectivity index (χ0v) is 18.3. The molecule has 9 heteroatoms. The van der Waals surface area contributed by atoms with Gasteiger partial charge in [-0.2, -0.15) is 13.2 Å². The SMILES string of the molecule is COc1ccc(CCC(=O)c2cc(OC)c(CC(C)NC(=O)C(F)(F)F)cc2OC)cc1. The Morgan fingerprint density at radius 2 is 1.59 bits per heavy atom. The summed E-state index contributed by atoms with van der Waals surface area (Å²) in [6.07, 6.45) is -4.17. The van der Waals surface area contributed by atoms with E-state index >= 15 is 0 Å². The van der Waals surface area contributed by atoms with Gasteiger partial charge in [0.1, 0.15) is 17.2 Å². The summed E-state index contributed by atoms with van der Waals surface area (Å²) in [6, 6.07) is 9.64. The maximum absolute atomic E-state index is 12.8. The Hall–Kier alpha value is -3.23. The molecule has 0 aliphatic rings. The number of methoxy groups -OCH3 is 3. The number of nitrogens with one attached hydrogen (secondary N) is 1. The number of ether oxygens (including phenoxy) is 3. The normalized spacial score (nSPS) is 12.1. The van der Waals surface area contributed by atoms with Crippen LogP contribution in [0, 0.1) is 0 Å². The van der Waals surface area contributed by atoms with Gasteiger partial charge in [-0.1, -0.05) is 12.1 Å². The molecule has 0 saturated carbocycles. The molecule has 0 saturated heterocycles. The van der Waals surface area contributed by atoms with Gasteiger partial charge >= 0.3 is 12.1 Å². The second-order valence-corrected chi connectivity index (χ2v) is 7.21. The Labute approximate surface area is 184 Å². The van der Waals surface area contributed by atoms with Gasteiger partial charge in [-0.05, 0) is 55.2 Å². The third kappa shape index (κ3) is 6.63. The van der Waals surface area contributed by atoms with Crippen LogP contribution in [0.1, 0.15) is 34.8 Å². The summed E-state index contributed by atoms with van der Waals surface area (Å²) in [4.78, 5) is 24.0. The molecule has 0 heterocycles. The van der Waals surface area contributed by atoms with E-state index in [1.165, 1.54) is 27.2 Å². The number of amides is 1. The lowest BCUT2D eigenvalue weighted by Gasteiger charge is -2.19. The lowest BCUT2D eigenvalue weighted by molar-refractivity contribution is -0.174. The molecule has 0 spiro atoms. The number of benzene rings is 2. The van der Waals surface area contributed by atoms with Crippen LogP contribution in [0.4, 0.5) is 13.2 Å². The molecule has 2 aromatic rings. The van der Waals surface area contributed by atoms with Crippen molar-refractivity contribution in [3.63, 3.8) is 0 Å². The van der Waals surface area contributed by atoms with Crippen molar-refractivity contribution in [2.75, 3.05) is 21.3 Å². The van der Waals surface area contributed by atoms with Crippen LogP contribution >= 0.6 is 0 Å². The second kappa shape index (κ2) is 10.9. The largest absolute Gasteiger partial charge is 0.497 e. The topological polar surface area (TPSA) is 73.9 Å². The molecule has 0 aliphatic carbocycles. The van der Waals surface area contributed by atoms with Crippen molar-refractivity contribution < 1.29 is 37.0 Å². The third-order valence-corrected chi connectivity index (χ3v) is 4.86. The fraction of sp³-hybridized carbons (Fsp3) is 0.391. The fourth-order valence-corrected chi connectivity index (χ4v) is 3.21. The van der Waals surface area contributed by atoms with Gasteiger partial charge in [0.05, 0.1) is 26.9 Å². The van der Waals surface area contributed by atoms with E-state index in [2.05, 4.69) is 0 Å². The number of hydrogen-bond donors (Lipinski definition) is 1. The number of ketones is 1. The van der Waals surface area contributed by atoms with Crippen molar-refractivity contribution >= 4 is 11.7 Å². The Bertz CT molecular complexity index is 942. The number of Topliss-reactive ketones (excluding diaryl/α,β-unsaturated/α-hetero) is 1. The Morgan fingerprint density at radius 3 is 2.12 bits per heavy atom. The number of carbonyl (C=O) groups excluding carboxylic acids is 2. The molecule has 6 nitrogen and oxygen atoms in total. The molecule has 0 fully saturated rings. The number of aryl methyl sites for hydroxylation is 1. The minimum Gasteiger partial charge on any atom is -0.497 e. The molecule has 2 rings (SSSR count). The first-order valence-electron chi connectivity index (χ1n) is 9.87. The zero-order chi connectivity index (χ0) is 23.9. The van der Waals surface area contributed by atoms with Gasteiger partial charge in [-0.25, -0.2) is 0 Å². The zero-order valence-electron chi connectivity index (χ0n) is 18.3. The Balaban J connectivity index is 2.16. The highest BCUT2D eigenvalue weighted by Crippen LogP contribution is 2.31. The molecule has 0 aromatic heterocycles. The number of carbonyl (C=O) groups is 2. The van der Waals surface area contributed by atoms with Crippen LogP contribution < -0.4 is 19.5 Å². The van der Waals surface area contributed by atoms with E-state index in [1.54, 1.807) is 13.2 Å². The molecule has 0 radical (unpaired) electrons. The maximum Gasteiger partial charge on any atom is 0.471 e. The van der Waals surface area contributed by atoms with E-state index in [0.29, 0.717) is 23.3 Å². The molecular formula is C23H26F3NO5. The minimum absolute atomic E-state index is 0.0572. The van der Waals surface area contributed by atoms with E-state index < -0.39 is 18.1 Å². The van der Waals surface area contributed by atoms with Crippen molar-refractivity contribution in [1.82, 2.24) is 5.32 Å². The van der Waals surface area contributed by atoms with Crippen molar-refractivity contribution in [1.29, 1.82) is 0 Å².